The highest BCUT2D eigenvalue weighted by molar-refractivity contribution is 6.01. The van der Waals surface area contributed by atoms with Crippen molar-refractivity contribution in [1.29, 1.82) is 0 Å². The minimum atomic E-state index is -0.297. The molecule has 2 amide bonds. The molecule has 3 aromatic carbocycles. The molecular weight excluding hydrogens is 376 g/mol. The van der Waals surface area contributed by atoms with Gasteiger partial charge < -0.3 is 15.4 Å². The molecule has 0 radical (unpaired) electrons. The molecule has 2 unspecified atom stereocenters. The van der Waals surface area contributed by atoms with Gasteiger partial charge in [-0.15, -0.1) is 0 Å². The summed E-state index contributed by atoms with van der Waals surface area (Å²) in [6.45, 7) is 3.84. The number of amides is 2. The molecule has 2 atom stereocenters. The molecule has 3 rings (SSSR count). The monoisotopic (exact) mass is 402 g/mol. The standard InChI is InChI=1S/C25H26N2O3/c1-17(19-10-6-4-7-11-19)26-24(28)21-14-15-23(30-3)22(16-21)25(29)27-18(2)20-12-8-5-9-13-20/h4-18H,1-3H3,(H,26,28)(H,27,29). The molecule has 0 aliphatic carbocycles. The molecule has 0 aromatic heterocycles. The van der Waals surface area contributed by atoms with Crippen LogP contribution in [0.15, 0.2) is 78.9 Å². The van der Waals surface area contributed by atoms with E-state index in [0.717, 1.165) is 11.1 Å². The Morgan fingerprint density at radius 3 is 1.73 bits per heavy atom. The second-order valence-corrected chi connectivity index (χ2v) is 7.13. The van der Waals surface area contributed by atoms with Gasteiger partial charge in [-0.05, 0) is 43.2 Å². The van der Waals surface area contributed by atoms with Crippen LogP contribution < -0.4 is 15.4 Å². The van der Waals surface area contributed by atoms with Gasteiger partial charge in [0, 0.05) is 5.56 Å². The van der Waals surface area contributed by atoms with E-state index in [1.54, 1.807) is 18.2 Å². The Morgan fingerprint density at radius 2 is 1.23 bits per heavy atom. The zero-order valence-corrected chi connectivity index (χ0v) is 17.4. The topological polar surface area (TPSA) is 67.4 Å². The first-order valence-corrected chi connectivity index (χ1v) is 9.89. The summed E-state index contributed by atoms with van der Waals surface area (Å²) in [5.74, 6) is -0.131. The number of benzene rings is 3. The normalized spacial score (nSPS) is 12.5. The van der Waals surface area contributed by atoms with E-state index in [1.165, 1.54) is 7.11 Å². The van der Waals surface area contributed by atoms with Crippen LogP contribution in [0.4, 0.5) is 0 Å². The van der Waals surface area contributed by atoms with Crippen molar-refractivity contribution in [1.82, 2.24) is 10.6 Å². The highest BCUT2D eigenvalue weighted by atomic mass is 16.5. The lowest BCUT2D eigenvalue weighted by Gasteiger charge is -2.17. The molecular formula is C25H26N2O3. The van der Waals surface area contributed by atoms with Crippen LogP contribution >= 0.6 is 0 Å². The van der Waals surface area contributed by atoms with Gasteiger partial charge in [0.2, 0.25) is 0 Å². The van der Waals surface area contributed by atoms with Crippen molar-refractivity contribution in [3.05, 3.63) is 101 Å². The van der Waals surface area contributed by atoms with Gasteiger partial charge in [0.25, 0.3) is 11.8 Å². The molecule has 0 bridgehead atoms. The van der Waals surface area contributed by atoms with Crippen LogP contribution in [0.2, 0.25) is 0 Å². The Hall–Kier alpha value is -3.60. The highest BCUT2D eigenvalue weighted by Crippen LogP contribution is 2.22. The van der Waals surface area contributed by atoms with Crippen molar-refractivity contribution in [2.45, 2.75) is 25.9 Å². The lowest BCUT2D eigenvalue weighted by atomic mass is 10.0. The Labute approximate surface area is 177 Å². The van der Waals surface area contributed by atoms with Gasteiger partial charge in [0.05, 0.1) is 24.8 Å². The number of hydrogen-bond donors (Lipinski definition) is 2. The van der Waals surface area contributed by atoms with E-state index >= 15 is 0 Å². The minimum Gasteiger partial charge on any atom is -0.496 e. The average Bonchev–Trinajstić information content (AvgIpc) is 2.79. The Morgan fingerprint density at radius 1 is 0.733 bits per heavy atom. The highest BCUT2D eigenvalue weighted by Gasteiger charge is 2.19. The molecule has 0 saturated carbocycles. The third-order valence-corrected chi connectivity index (χ3v) is 5.00. The van der Waals surface area contributed by atoms with E-state index in [1.807, 2.05) is 74.5 Å². The van der Waals surface area contributed by atoms with E-state index in [2.05, 4.69) is 10.6 Å². The molecule has 0 spiro atoms. The van der Waals surface area contributed by atoms with Crippen molar-refractivity contribution in [2.24, 2.45) is 0 Å². The SMILES string of the molecule is COc1ccc(C(=O)NC(C)c2ccccc2)cc1C(=O)NC(C)c1ccccc1. The molecule has 0 saturated heterocycles. The van der Waals surface area contributed by atoms with Gasteiger partial charge in [-0.1, -0.05) is 60.7 Å². The molecule has 3 aromatic rings. The van der Waals surface area contributed by atoms with Gasteiger partial charge in [-0.3, -0.25) is 9.59 Å². The summed E-state index contributed by atoms with van der Waals surface area (Å²) >= 11 is 0. The third-order valence-electron chi connectivity index (χ3n) is 5.00. The van der Waals surface area contributed by atoms with Crippen LogP contribution in [0.25, 0.3) is 0 Å². The van der Waals surface area contributed by atoms with Gasteiger partial charge in [-0.2, -0.15) is 0 Å². The maximum Gasteiger partial charge on any atom is 0.255 e. The van der Waals surface area contributed by atoms with Crippen molar-refractivity contribution >= 4 is 11.8 Å². The number of nitrogens with one attached hydrogen (secondary N) is 2. The van der Waals surface area contributed by atoms with Crippen LogP contribution in [0.3, 0.4) is 0 Å². The number of ether oxygens (including phenoxy) is 1. The van der Waals surface area contributed by atoms with Crippen LogP contribution in [0, 0.1) is 0 Å². The summed E-state index contributed by atoms with van der Waals surface area (Å²) in [5, 5.41) is 5.94. The van der Waals surface area contributed by atoms with Crippen LogP contribution in [-0.4, -0.2) is 18.9 Å². The van der Waals surface area contributed by atoms with Gasteiger partial charge in [0.1, 0.15) is 5.75 Å². The number of methoxy groups -OCH3 is 1. The Balaban J connectivity index is 1.77. The molecule has 0 aliphatic rings. The van der Waals surface area contributed by atoms with Crippen molar-refractivity contribution in [2.75, 3.05) is 7.11 Å². The fourth-order valence-corrected chi connectivity index (χ4v) is 3.23. The minimum absolute atomic E-state index is 0.156. The molecule has 30 heavy (non-hydrogen) atoms. The molecule has 0 aliphatic heterocycles. The third kappa shape index (κ3) is 5.06. The van der Waals surface area contributed by atoms with Crippen molar-refractivity contribution in [3.8, 4) is 5.75 Å². The summed E-state index contributed by atoms with van der Waals surface area (Å²) in [7, 11) is 1.50. The molecule has 5 nitrogen and oxygen atoms in total. The average molecular weight is 402 g/mol. The zero-order valence-electron chi connectivity index (χ0n) is 17.4. The van der Waals surface area contributed by atoms with E-state index in [4.69, 9.17) is 4.74 Å². The first-order chi connectivity index (χ1) is 14.5. The van der Waals surface area contributed by atoms with Crippen molar-refractivity contribution in [3.63, 3.8) is 0 Å². The number of hydrogen-bond acceptors (Lipinski definition) is 3. The first kappa shape index (κ1) is 21.1. The fourth-order valence-electron chi connectivity index (χ4n) is 3.23. The predicted octanol–water partition coefficient (Wildman–Crippen LogP) is 4.68. The number of carbonyl (C=O) groups is 2. The summed E-state index contributed by atoms with van der Waals surface area (Å²) in [5.41, 5.74) is 2.72. The first-order valence-electron chi connectivity index (χ1n) is 9.89. The van der Waals surface area contributed by atoms with Gasteiger partial charge >= 0.3 is 0 Å². The second-order valence-electron chi connectivity index (χ2n) is 7.13. The lowest BCUT2D eigenvalue weighted by Crippen LogP contribution is -2.29. The van der Waals surface area contributed by atoms with Gasteiger partial charge in [-0.25, -0.2) is 0 Å². The smallest absolute Gasteiger partial charge is 0.255 e. The Kier molecular flexibility index (Phi) is 6.86. The van der Waals surface area contributed by atoms with E-state index in [0.29, 0.717) is 16.9 Å². The quantitative estimate of drug-likeness (QED) is 0.603. The van der Waals surface area contributed by atoms with E-state index < -0.39 is 0 Å². The molecule has 5 heteroatoms. The maximum absolute atomic E-state index is 12.9. The largest absolute Gasteiger partial charge is 0.496 e. The molecule has 2 N–H and O–H groups in total. The maximum atomic E-state index is 12.9. The van der Waals surface area contributed by atoms with Gasteiger partial charge in [0.15, 0.2) is 0 Å². The summed E-state index contributed by atoms with van der Waals surface area (Å²) < 4.78 is 5.35. The number of carbonyl (C=O) groups excluding carboxylic acids is 2. The molecule has 154 valence electrons. The molecule has 0 fully saturated rings. The fraction of sp³-hybridized carbons (Fsp3) is 0.200. The van der Waals surface area contributed by atoms with Crippen LogP contribution in [0.1, 0.15) is 57.8 Å². The van der Waals surface area contributed by atoms with Crippen LogP contribution in [-0.2, 0) is 0 Å². The summed E-state index contributed by atoms with van der Waals surface area (Å²) in [6, 6.07) is 23.9. The number of rotatable bonds is 7. The van der Waals surface area contributed by atoms with Crippen LogP contribution in [0.5, 0.6) is 5.75 Å². The zero-order chi connectivity index (χ0) is 21.5. The Bertz CT molecular complexity index is 1000. The molecule has 0 heterocycles. The van der Waals surface area contributed by atoms with Crippen molar-refractivity contribution < 1.29 is 14.3 Å². The predicted molar refractivity (Wildman–Crippen MR) is 118 cm³/mol. The summed E-state index contributed by atoms with van der Waals surface area (Å²) in [4.78, 5) is 25.7. The van der Waals surface area contributed by atoms with E-state index in [-0.39, 0.29) is 23.9 Å². The lowest BCUT2D eigenvalue weighted by molar-refractivity contribution is 0.0936. The van der Waals surface area contributed by atoms with E-state index in [9.17, 15) is 9.59 Å². The second kappa shape index (κ2) is 9.74. The summed E-state index contributed by atoms with van der Waals surface area (Å²) in [6.07, 6.45) is 0.